The van der Waals surface area contributed by atoms with Crippen LogP contribution >= 0.6 is 11.6 Å². The molecular weight excluding hydrogens is 264 g/mol. The summed E-state index contributed by atoms with van der Waals surface area (Å²) in [6.45, 7) is 3.69. The van der Waals surface area contributed by atoms with E-state index >= 15 is 0 Å². The van der Waals surface area contributed by atoms with Gasteiger partial charge in [-0.15, -0.1) is 0 Å². The third kappa shape index (κ3) is 3.73. The van der Waals surface area contributed by atoms with Crippen LogP contribution in [-0.4, -0.2) is 5.97 Å². The Labute approximate surface area is 116 Å². The molecule has 1 aromatic carbocycles. The fourth-order valence-corrected chi connectivity index (χ4v) is 1.64. The molecule has 0 atom stereocenters. The number of ether oxygens (including phenoxy) is 1. The number of aryl methyl sites for hydroxylation is 2. The maximum atomic E-state index is 11.6. The van der Waals surface area contributed by atoms with Gasteiger partial charge in [0.05, 0.1) is 0 Å². The summed E-state index contributed by atoms with van der Waals surface area (Å²) in [5, 5.41) is 0.640. The summed E-state index contributed by atoms with van der Waals surface area (Å²) in [5.74, 6) is 1.41. The van der Waals surface area contributed by atoms with E-state index < -0.39 is 5.97 Å². The first-order valence-electron chi connectivity index (χ1n) is 5.77. The van der Waals surface area contributed by atoms with Crippen molar-refractivity contribution in [2.75, 3.05) is 0 Å². The van der Waals surface area contributed by atoms with Gasteiger partial charge < -0.3 is 9.15 Å². The smallest absolute Gasteiger partial charge is 0.336 e. The molecule has 0 spiro atoms. The Morgan fingerprint density at radius 1 is 1.26 bits per heavy atom. The molecule has 2 rings (SSSR count). The average molecular weight is 277 g/mol. The van der Waals surface area contributed by atoms with Gasteiger partial charge in [-0.2, -0.15) is 0 Å². The lowest BCUT2D eigenvalue weighted by molar-refractivity contribution is -0.128. The highest BCUT2D eigenvalue weighted by Crippen LogP contribution is 2.21. The topological polar surface area (TPSA) is 39.4 Å². The van der Waals surface area contributed by atoms with Crippen molar-refractivity contribution in [1.29, 1.82) is 0 Å². The normalized spacial score (nSPS) is 10.9. The molecule has 0 radical (unpaired) electrons. The monoisotopic (exact) mass is 276 g/mol. The molecule has 2 aromatic rings. The minimum atomic E-state index is -0.462. The van der Waals surface area contributed by atoms with Gasteiger partial charge in [-0.1, -0.05) is 11.6 Å². The van der Waals surface area contributed by atoms with Crippen molar-refractivity contribution in [3.8, 4) is 5.75 Å². The van der Waals surface area contributed by atoms with Crippen LogP contribution in [0.3, 0.4) is 0 Å². The second-order valence-corrected chi connectivity index (χ2v) is 4.52. The standard InChI is InChI=1S/C15H13ClO3/c1-10-9-13(5-7-14(10)16)19-15(17)8-6-12-4-3-11(2)18-12/h3-9H,1-2H3. The van der Waals surface area contributed by atoms with E-state index in [0.717, 1.165) is 11.3 Å². The first-order valence-corrected chi connectivity index (χ1v) is 6.15. The van der Waals surface area contributed by atoms with Crippen LogP contribution in [0.5, 0.6) is 5.75 Å². The number of furan rings is 1. The number of benzene rings is 1. The number of halogens is 1. The molecule has 0 fully saturated rings. The number of hydrogen-bond acceptors (Lipinski definition) is 3. The number of carbonyl (C=O) groups is 1. The molecule has 1 aromatic heterocycles. The maximum Gasteiger partial charge on any atom is 0.336 e. The Balaban J connectivity index is 2.01. The van der Waals surface area contributed by atoms with Crippen molar-refractivity contribution in [1.82, 2.24) is 0 Å². The van der Waals surface area contributed by atoms with E-state index in [4.69, 9.17) is 20.8 Å². The van der Waals surface area contributed by atoms with Crippen LogP contribution in [0.15, 0.2) is 40.8 Å². The van der Waals surface area contributed by atoms with Crippen molar-refractivity contribution < 1.29 is 13.9 Å². The Morgan fingerprint density at radius 3 is 2.68 bits per heavy atom. The lowest BCUT2D eigenvalue weighted by Gasteiger charge is -2.03. The van der Waals surface area contributed by atoms with Gasteiger partial charge in [0, 0.05) is 11.1 Å². The van der Waals surface area contributed by atoms with Crippen molar-refractivity contribution in [3.63, 3.8) is 0 Å². The minimum absolute atomic E-state index is 0.462. The van der Waals surface area contributed by atoms with E-state index in [1.54, 1.807) is 30.3 Å². The fraction of sp³-hybridized carbons (Fsp3) is 0.133. The molecule has 0 saturated carbocycles. The fourth-order valence-electron chi connectivity index (χ4n) is 1.52. The predicted molar refractivity (Wildman–Crippen MR) is 74.3 cm³/mol. The number of esters is 1. The maximum absolute atomic E-state index is 11.6. The number of carbonyl (C=O) groups excluding carboxylic acids is 1. The second-order valence-electron chi connectivity index (χ2n) is 4.11. The highest BCUT2D eigenvalue weighted by atomic mass is 35.5. The Morgan fingerprint density at radius 2 is 2.05 bits per heavy atom. The van der Waals surface area contributed by atoms with Crippen LogP contribution in [0, 0.1) is 13.8 Å². The van der Waals surface area contributed by atoms with Crippen LogP contribution in [0.2, 0.25) is 5.02 Å². The number of rotatable bonds is 3. The molecule has 0 N–H and O–H groups in total. The molecular formula is C15H13ClO3. The van der Waals surface area contributed by atoms with E-state index in [1.807, 2.05) is 19.9 Å². The molecule has 3 nitrogen and oxygen atoms in total. The summed E-state index contributed by atoms with van der Waals surface area (Å²) < 4.78 is 10.5. The molecule has 0 aliphatic carbocycles. The first-order chi connectivity index (χ1) is 9.04. The molecule has 98 valence electrons. The third-order valence-electron chi connectivity index (χ3n) is 2.49. The highest BCUT2D eigenvalue weighted by molar-refractivity contribution is 6.31. The molecule has 0 saturated heterocycles. The predicted octanol–water partition coefficient (Wildman–Crippen LogP) is 4.17. The molecule has 0 aliphatic heterocycles. The largest absolute Gasteiger partial charge is 0.462 e. The zero-order chi connectivity index (χ0) is 13.8. The first kappa shape index (κ1) is 13.4. The summed E-state index contributed by atoms with van der Waals surface area (Å²) in [7, 11) is 0. The molecule has 0 aliphatic rings. The van der Waals surface area contributed by atoms with Gasteiger partial charge in [0.1, 0.15) is 17.3 Å². The van der Waals surface area contributed by atoms with E-state index in [2.05, 4.69) is 0 Å². The third-order valence-corrected chi connectivity index (χ3v) is 2.92. The van der Waals surface area contributed by atoms with Crippen LogP contribution in [0.1, 0.15) is 17.1 Å². The zero-order valence-electron chi connectivity index (χ0n) is 10.6. The van der Waals surface area contributed by atoms with Gasteiger partial charge in [0.2, 0.25) is 0 Å². The summed E-state index contributed by atoms with van der Waals surface area (Å²) in [6, 6.07) is 8.67. The van der Waals surface area contributed by atoms with Gasteiger partial charge in [-0.3, -0.25) is 0 Å². The summed E-state index contributed by atoms with van der Waals surface area (Å²) in [4.78, 5) is 11.6. The van der Waals surface area contributed by atoms with Crippen LogP contribution < -0.4 is 4.74 Å². The summed E-state index contributed by atoms with van der Waals surface area (Å²) in [6.07, 6.45) is 2.89. The van der Waals surface area contributed by atoms with E-state index in [0.29, 0.717) is 16.5 Å². The average Bonchev–Trinajstić information content (AvgIpc) is 2.77. The zero-order valence-corrected chi connectivity index (χ0v) is 11.4. The Bertz CT molecular complexity index is 626. The Hall–Kier alpha value is -2.00. The van der Waals surface area contributed by atoms with Crippen LogP contribution in [-0.2, 0) is 4.79 Å². The molecule has 0 unspecified atom stereocenters. The molecule has 1 heterocycles. The lowest BCUT2D eigenvalue weighted by atomic mass is 10.2. The number of hydrogen-bond donors (Lipinski definition) is 0. The highest BCUT2D eigenvalue weighted by Gasteiger charge is 2.03. The van der Waals surface area contributed by atoms with Gasteiger partial charge in [-0.05, 0) is 55.8 Å². The molecule has 0 amide bonds. The molecule has 0 bridgehead atoms. The van der Waals surface area contributed by atoms with Crippen LogP contribution in [0.4, 0.5) is 0 Å². The van der Waals surface area contributed by atoms with Crippen molar-refractivity contribution in [3.05, 3.63) is 58.5 Å². The van der Waals surface area contributed by atoms with Gasteiger partial charge in [0.25, 0.3) is 0 Å². The van der Waals surface area contributed by atoms with E-state index in [1.165, 1.54) is 6.08 Å². The van der Waals surface area contributed by atoms with Crippen LogP contribution in [0.25, 0.3) is 6.08 Å². The lowest BCUT2D eigenvalue weighted by Crippen LogP contribution is -2.03. The second kappa shape index (κ2) is 5.76. The summed E-state index contributed by atoms with van der Waals surface area (Å²) in [5.41, 5.74) is 0.859. The minimum Gasteiger partial charge on any atom is -0.462 e. The van der Waals surface area contributed by atoms with E-state index in [-0.39, 0.29) is 0 Å². The van der Waals surface area contributed by atoms with Gasteiger partial charge in [-0.25, -0.2) is 4.79 Å². The SMILES string of the molecule is Cc1ccc(C=CC(=O)Oc2ccc(Cl)c(C)c2)o1. The van der Waals surface area contributed by atoms with Gasteiger partial charge in [0.15, 0.2) is 0 Å². The Kier molecular flexibility index (Phi) is 4.07. The molecule has 4 heteroatoms. The molecule has 19 heavy (non-hydrogen) atoms. The van der Waals surface area contributed by atoms with Crippen molar-refractivity contribution >= 4 is 23.6 Å². The van der Waals surface area contributed by atoms with Gasteiger partial charge >= 0.3 is 5.97 Å². The van der Waals surface area contributed by atoms with Crippen molar-refractivity contribution in [2.45, 2.75) is 13.8 Å². The van der Waals surface area contributed by atoms with E-state index in [9.17, 15) is 4.79 Å². The quantitative estimate of drug-likeness (QED) is 0.480. The van der Waals surface area contributed by atoms with Crippen molar-refractivity contribution in [2.24, 2.45) is 0 Å². The summed E-state index contributed by atoms with van der Waals surface area (Å²) >= 11 is 5.89.